The second-order valence-corrected chi connectivity index (χ2v) is 11.4. The molecular weight excluding hydrogens is 509 g/mol. The van der Waals surface area contributed by atoms with Crippen molar-refractivity contribution in [3.8, 4) is 11.5 Å². The molecule has 2 aromatic carbocycles. The molecule has 39 heavy (non-hydrogen) atoms. The summed E-state index contributed by atoms with van der Waals surface area (Å²) in [5.41, 5.74) is -0.185. The minimum absolute atomic E-state index is 0.0735. The lowest BCUT2D eigenvalue weighted by Gasteiger charge is -2.66. The maximum absolute atomic E-state index is 13.5. The molecule has 2 aromatic rings. The zero-order chi connectivity index (χ0) is 27.7. The van der Waals surface area contributed by atoms with Crippen molar-refractivity contribution in [1.82, 2.24) is 9.80 Å². The predicted molar refractivity (Wildman–Crippen MR) is 139 cm³/mol. The van der Waals surface area contributed by atoms with Crippen molar-refractivity contribution >= 4 is 5.91 Å². The van der Waals surface area contributed by atoms with Crippen molar-refractivity contribution in [3.05, 3.63) is 71.3 Å². The van der Waals surface area contributed by atoms with Gasteiger partial charge in [0.05, 0.1) is 17.0 Å². The molecule has 0 aromatic heterocycles. The second kappa shape index (κ2) is 8.99. The molecular formula is C30H33F3N2O4. The second-order valence-electron chi connectivity index (χ2n) is 11.4. The standard InChI is InChI=1S/C30H33F3N2O4/c1-3-15-35-16-14-28-24-12-11-22(29(28,38)23(35)17-19-7-10-21(36)27(39-24)26(19)28)34(2)25(37)13-6-18-4-8-20(9-5-18)30(31,32)33/h3-5,7-10,22-24,36,38H,1,6,11-17H2,2H3/t22?,23-,24?,28-,29-/m1/s1. The summed E-state index contributed by atoms with van der Waals surface area (Å²) in [5.74, 6) is 0.366. The number of amides is 1. The summed E-state index contributed by atoms with van der Waals surface area (Å²) < 4.78 is 45.1. The van der Waals surface area contributed by atoms with Crippen LogP contribution < -0.4 is 4.74 Å². The van der Waals surface area contributed by atoms with Crippen LogP contribution in [0.1, 0.15) is 47.9 Å². The fourth-order valence-electron chi connectivity index (χ4n) is 7.97. The van der Waals surface area contributed by atoms with Gasteiger partial charge in [0.1, 0.15) is 11.7 Å². The van der Waals surface area contributed by atoms with E-state index in [1.54, 1.807) is 18.0 Å². The Labute approximate surface area is 225 Å². The quantitative estimate of drug-likeness (QED) is 0.536. The van der Waals surface area contributed by atoms with Crippen molar-refractivity contribution in [2.45, 2.75) is 73.9 Å². The average Bonchev–Trinajstić information content (AvgIpc) is 3.24. The molecule has 4 aliphatic rings. The molecule has 1 spiro atoms. The van der Waals surface area contributed by atoms with E-state index in [9.17, 15) is 28.2 Å². The number of phenolic OH excluding ortho intramolecular Hbond substituents is 1. The SMILES string of the molecule is C=CCN1CC[C@]23c4c5ccc(O)c4OC2CCC(N(C)C(=O)CCc2ccc(C(F)(F)F)cc2)[C@@]3(O)[C@H]1C5. The van der Waals surface area contributed by atoms with Crippen LogP contribution in [-0.4, -0.2) is 69.8 Å². The normalized spacial score (nSPS) is 30.8. The Hall–Kier alpha value is -3.04. The van der Waals surface area contributed by atoms with E-state index < -0.39 is 28.8 Å². The van der Waals surface area contributed by atoms with Crippen molar-refractivity contribution in [1.29, 1.82) is 0 Å². The van der Waals surface area contributed by atoms with Crippen LogP contribution in [0, 0.1) is 0 Å². The van der Waals surface area contributed by atoms with Gasteiger partial charge in [-0.25, -0.2) is 0 Å². The Balaban J connectivity index is 1.31. The number of alkyl halides is 3. The van der Waals surface area contributed by atoms with Crippen molar-refractivity contribution in [2.75, 3.05) is 20.1 Å². The molecule has 2 aliphatic heterocycles. The van der Waals surface area contributed by atoms with E-state index in [2.05, 4.69) is 11.5 Å². The number of nitrogens with zero attached hydrogens (tertiary/aromatic N) is 2. The summed E-state index contributed by atoms with van der Waals surface area (Å²) in [6.45, 7) is 5.26. The van der Waals surface area contributed by atoms with E-state index in [0.29, 0.717) is 50.0 Å². The monoisotopic (exact) mass is 542 g/mol. The van der Waals surface area contributed by atoms with Gasteiger partial charge in [-0.3, -0.25) is 9.69 Å². The molecule has 9 heteroatoms. The van der Waals surface area contributed by atoms with E-state index in [4.69, 9.17) is 4.74 Å². The molecule has 2 fully saturated rings. The smallest absolute Gasteiger partial charge is 0.416 e. The van der Waals surface area contributed by atoms with Gasteiger partial charge in [-0.05, 0) is 68.0 Å². The molecule has 1 amide bonds. The fraction of sp³-hybridized carbons (Fsp3) is 0.500. The lowest BCUT2D eigenvalue weighted by molar-refractivity contribution is -0.216. The number of carbonyl (C=O) groups is 1. The molecule has 208 valence electrons. The molecule has 2 aliphatic carbocycles. The van der Waals surface area contributed by atoms with Gasteiger partial charge in [0.15, 0.2) is 11.5 Å². The summed E-state index contributed by atoms with van der Waals surface area (Å²) in [7, 11) is 1.72. The number of halogens is 3. The van der Waals surface area contributed by atoms with E-state index >= 15 is 0 Å². The Morgan fingerprint density at radius 1 is 1.23 bits per heavy atom. The first kappa shape index (κ1) is 26.2. The molecule has 2 bridgehead atoms. The summed E-state index contributed by atoms with van der Waals surface area (Å²) >= 11 is 0. The summed E-state index contributed by atoms with van der Waals surface area (Å²) in [5, 5.41) is 23.6. The molecule has 6 nitrogen and oxygen atoms in total. The van der Waals surface area contributed by atoms with Crippen LogP contribution in [0.4, 0.5) is 13.2 Å². The third kappa shape index (κ3) is 3.65. The van der Waals surface area contributed by atoms with Gasteiger partial charge in [-0.2, -0.15) is 13.2 Å². The lowest BCUT2D eigenvalue weighted by Crippen LogP contribution is -2.81. The summed E-state index contributed by atoms with van der Waals surface area (Å²) in [6, 6.07) is 7.72. The molecule has 2 N–H and O–H groups in total. The van der Waals surface area contributed by atoms with Crippen molar-refractivity contribution in [2.24, 2.45) is 0 Å². The van der Waals surface area contributed by atoms with Gasteiger partial charge in [-0.1, -0.05) is 24.3 Å². The fourth-order valence-corrected chi connectivity index (χ4v) is 7.97. The number of aryl methyl sites for hydroxylation is 1. The van der Waals surface area contributed by atoms with Crippen LogP contribution in [0.25, 0.3) is 0 Å². The number of likely N-dealkylation sites (N-methyl/N-ethyl adjacent to an activating group) is 1. The molecule has 2 unspecified atom stereocenters. The number of ether oxygens (including phenoxy) is 1. The van der Waals surface area contributed by atoms with E-state index in [1.165, 1.54) is 12.1 Å². The van der Waals surface area contributed by atoms with E-state index in [-0.39, 0.29) is 30.2 Å². The number of phenols is 1. The lowest BCUT2D eigenvalue weighted by atomic mass is 9.47. The Bertz CT molecular complexity index is 1310. The van der Waals surface area contributed by atoms with Gasteiger partial charge in [0, 0.05) is 31.6 Å². The van der Waals surface area contributed by atoms with Gasteiger partial charge in [0.2, 0.25) is 5.91 Å². The van der Waals surface area contributed by atoms with Gasteiger partial charge in [0.25, 0.3) is 0 Å². The van der Waals surface area contributed by atoms with Crippen molar-refractivity contribution in [3.63, 3.8) is 0 Å². The van der Waals surface area contributed by atoms with Crippen LogP contribution in [0.2, 0.25) is 0 Å². The average molecular weight is 543 g/mol. The third-order valence-corrected chi connectivity index (χ3v) is 9.69. The molecule has 1 saturated carbocycles. The maximum Gasteiger partial charge on any atom is 0.416 e. The van der Waals surface area contributed by atoms with Crippen LogP contribution in [0.5, 0.6) is 11.5 Å². The highest BCUT2D eigenvalue weighted by atomic mass is 19.4. The van der Waals surface area contributed by atoms with Gasteiger partial charge < -0.3 is 19.8 Å². The number of hydrogen-bond acceptors (Lipinski definition) is 5. The highest BCUT2D eigenvalue weighted by Gasteiger charge is 2.74. The zero-order valence-electron chi connectivity index (χ0n) is 21.9. The highest BCUT2D eigenvalue weighted by Crippen LogP contribution is 2.65. The number of aromatic hydroxyl groups is 1. The predicted octanol–water partition coefficient (Wildman–Crippen LogP) is 4.21. The third-order valence-electron chi connectivity index (χ3n) is 9.69. The first-order chi connectivity index (χ1) is 18.5. The van der Waals surface area contributed by atoms with Gasteiger partial charge in [-0.15, -0.1) is 6.58 Å². The van der Waals surface area contributed by atoms with Crippen LogP contribution in [0.3, 0.4) is 0 Å². The number of likely N-dealkylation sites (tertiary alicyclic amines) is 1. The summed E-state index contributed by atoms with van der Waals surface area (Å²) in [6.07, 6.45) is -0.0936. The molecule has 6 rings (SSSR count). The first-order valence-electron chi connectivity index (χ1n) is 13.5. The first-order valence-corrected chi connectivity index (χ1v) is 13.5. The Kier molecular flexibility index (Phi) is 6.04. The largest absolute Gasteiger partial charge is 0.504 e. The van der Waals surface area contributed by atoms with Crippen LogP contribution >= 0.6 is 0 Å². The van der Waals surface area contributed by atoms with Gasteiger partial charge >= 0.3 is 6.18 Å². The number of hydrogen-bond donors (Lipinski definition) is 2. The minimum atomic E-state index is -4.40. The summed E-state index contributed by atoms with van der Waals surface area (Å²) in [4.78, 5) is 17.4. The maximum atomic E-state index is 13.5. The van der Waals surface area contributed by atoms with E-state index in [1.807, 2.05) is 12.1 Å². The molecule has 1 saturated heterocycles. The highest BCUT2D eigenvalue weighted by molar-refractivity contribution is 5.77. The Morgan fingerprint density at radius 2 is 1.97 bits per heavy atom. The van der Waals surface area contributed by atoms with Crippen LogP contribution in [0.15, 0.2) is 49.1 Å². The van der Waals surface area contributed by atoms with Crippen LogP contribution in [-0.2, 0) is 29.2 Å². The number of aliphatic hydroxyl groups is 1. The van der Waals surface area contributed by atoms with E-state index in [0.717, 1.165) is 29.8 Å². The number of piperidine rings is 1. The number of carbonyl (C=O) groups excluding carboxylic acids is 1. The number of rotatable bonds is 6. The number of benzene rings is 2. The Morgan fingerprint density at radius 3 is 2.67 bits per heavy atom. The molecule has 5 atom stereocenters. The zero-order valence-corrected chi connectivity index (χ0v) is 21.9. The molecule has 0 radical (unpaired) electrons. The molecule has 2 heterocycles. The minimum Gasteiger partial charge on any atom is -0.504 e. The topological polar surface area (TPSA) is 73.2 Å². The van der Waals surface area contributed by atoms with Crippen molar-refractivity contribution < 1.29 is 32.9 Å².